The van der Waals surface area contributed by atoms with Gasteiger partial charge in [-0.2, -0.15) is 5.11 Å². The van der Waals surface area contributed by atoms with Crippen LogP contribution in [0, 0.1) is 0 Å². The number of hydrogen-bond donors (Lipinski definition) is 0. The van der Waals surface area contributed by atoms with Gasteiger partial charge < -0.3 is 4.55 Å². The summed E-state index contributed by atoms with van der Waals surface area (Å²) in [5.41, 5.74) is 4.70. The molecular formula is C34H39N2NaO3S. The van der Waals surface area contributed by atoms with Crippen LogP contribution in [0.3, 0.4) is 0 Å². The largest absolute Gasteiger partial charge is 1.00 e. The molecule has 1 atom stereocenters. The Kier molecular flexibility index (Phi) is 13.2. The Balaban J connectivity index is 0.00000462. The maximum atomic E-state index is 11.3. The molecule has 4 aromatic carbocycles. The van der Waals surface area contributed by atoms with E-state index in [1.807, 2.05) is 30.3 Å². The first-order valence-electron chi connectivity index (χ1n) is 14.5. The van der Waals surface area contributed by atoms with Crippen LogP contribution < -0.4 is 29.6 Å². The molecule has 0 radical (unpaired) electrons. The molecule has 7 heteroatoms. The van der Waals surface area contributed by atoms with Gasteiger partial charge in [-0.15, -0.1) is 5.11 Å². The van der Waals surface area contributed by atoms with Gasteiger partial charge in [0.1, 0.15) is 15.8 Å². The minimum absolute atomic E-state index is 0. The van der Waals surface area contributed by atoms with E-state index in [9.17, 15) is 13.0 Å². The molecule has 0 aliphatic rings. The van der Waals surface area contributed by atoms with Crippen molar-refractivity contribution in [2.45, 2.75) is 82.4 Å². The molecule has 0 fully saturated rings. The molecular weight excluding hydrogens is 539 g/mol. The number of nitrogens with zero attached hydrogens (tertiary/aromatic N) is 2. The van der Waals surface area contributed by atoms with E-state index in [-0.39, 0.29) is 34.5 Å². The standard InChI is InChI=1S/C34H40N2O3S.Na/c1-3-4-5-6-7-8-9-11-16-26(2)32-25-28-19-14-15-20-31(28)34(33(32)27-17-12-10-13-18-27)36-35-29-21-23-30(24-22-29)40(37,38)39;/h10,12-15,17-26H,3-9,11,16H2,1-2H3,(H,37,38,39);/q;+1/p-1. The first kappa shape index (κ1) is 33.2. The van der Waals surface area contributed by atoms with Crippen molar-refractivity contribution in [2.75, 3.05) is 0 Å². The second-order valence-corrected chi connectivity index (χ2v) is 12.0. The van der Waals surface area contributed by atoms with E-state index >= 15 is 0 Å². The number of benzene rings is 4. The fraction of sp³-hybridized carbons (Fsp3) is 0.353. The van der Waals surface area contributed by atoms with E-state index in [0.717, 1.165) is 34.0 Å². The monoisotopic (exact) mass is 578 g/mol. The Morgan fingerprint density at radius 1 is 0.756 bits per heavy atom. The van der Waals surface area contributed by atoms with Gasteiger partial charge in [0.2, 0.25) is 0 Å². The number of hydrogen-bond acceptors (Lipinski definition) is 5. The minimum Gasteiger partial charge on any atom is -0.744 e. The molecule has 1 unspecified atom stereocenters. The fourth-order valence-corrected chi connectivity index (χ4v) is 5.75. The van der Waals surface area contributed by atoms with Crippen molar-refractivity contribution >= 4 is 32.3 Å². The van der Waals surface area contributed by atoms with Crippen molar-refractivity contribution in [1.82, 2.24) is 0 Å². The summed E-state index contributed by atoms with van der Waals surface area (Å²) >= 11 is 0. The Morgan fingerprint density at radius 2 is 1.37 bits per heavy atom. The molecule has 4 aromatic rings. The normalized spacial score (nSPS) is 12.5. The molecule has 5 nitrogen and oxygen atoms in total. The molecule has 210 valence electrons. The van der Waals surface area contributed by atoms with Gasteiger partial charge in [-0.3, -0.25) is 0 Å². The number of unbranched alkanes of at least 4 members (excludes halogenated alkanes) is 7. The zero-order chi connectivity index (χ0) is 28.4. The summed E-state index contributed by atoms with van der Waals surface area (Å²) < 4.78 is 34.0. The summed E-state index contributed by atoms with van der Waals surface area (Å²) in [7, 11) is -4.51. The third kappa shape index (κ3) is 9.32. The first-order chi connectivity index (χ1) is 19.4. The molecule has 0 aliphatic carbocycles. The third-order valence-electron chi connectivity index (χ3n) is 7.53. The van der Waals surface area contributed by atoms with Gasteiger partial charge in [0.15, 0.2) is 0 Å². The van der Waals surface area contributed by atoms with Gasteiger partial charge >= 0.3 is 29.6 Å². The van der Waals surface area contributed by atoms with E-state index in [1.54, 1.807) is 0 Å². The van der Waals surface area contributed by atoms with Crippen molar-refractivity contribution < 1.29 is 42.5 Å². The predicted molar refractivity (Wildman–Crippen MR) is 164 cm³/mol. The smallest absolute Gasteiger partial charge is 0.744 e. The maximum Gasteiger partial charge on any atom is 1.00 e. The molecule has 4 rings (SSSR count). The average molecular weight is 579 g/mol. The fourth-order valence-electron chi connectivity index (χ4n) is 5.28. The van der Waals surface area contributed by atoms with Gasteiger partial charge in [-0.05, 0) is 53.1 Å². The Labute approximate surface area is 267 Å². The molecule has 0 saturated carbocycles. The second-order valence-electron chi connectivity index (χ2n) is 10.6. The van der Waals surface area contributed by atoms with Crippen LogP contribution in [0.5, 0.6) is 0 Å². The quantitative estimate of drug-likeness (QED) is 0.0674. The van der Waals surface area contributed by atoms with Crippen LogP contribution in [-0.2, 0) is 10.1 Å². The van der Waals surface area contributed by atoms with Crippen LogP contribution >= 0.6 is 0 Å². The molecule has 0 heterocycles. The van der Waals surface area contributed by atoms with Crippen molar-refractivity contribution in [3.63, 3.8) is 0 Å². The van der Waals surface area contributed by atoms with Crippen LogP contribution in [0.1, 0.15) is 83.1 Å². The molecule has 0 aliphatic heterocycles. The summed E-state index contributed by atoms with van der Waals surface area (Å²) in [6.45, 7) is 4.56. The van der Waals surface area contributed by atoms with Crippen molar-refractivity contribution in [1.29, 1.82) is 0 Å². The number of fused-ring (bicyclic) bond motifs is 1. The number of rotatable bonds is 14. The van der Waals surface area contributed by atoms with E-state index in [0.29, 0.717) is 11.6 Å². The van der Waals surface area contributed by atoms with Crippen molar-refractivity contribution in [2.24, 2.45) is 10.2 Å². The predicted octanol–water partition coefficient (Wildman–Crippen LogP) is 7.46. The van der Waals surface area contributed by atoms with E-state index < -0.39 is 10.1 Å². The summed E-state index contributed by atoms with van der Waals surface area (Å²) in [5.74, 6) is 0.343. The Hall–Kier alpha value is -2.35. The average Bonchev–Trinajstić information content (AvgIpc) is 2.97. The summed E-state index contributed by atoms with van der Waals surface area (Å²) in [6, 6.07) is 26.4. The van der Waals surface area contributed by atoms with Crippen LogP contribution in [0.25, 0.3) is 21.9 Å². The van der Waals surface area contributed by atoms with E-state index in [2.05, 4.69) is 49.3 Å². The zero-order valence-electron chi connectivity index (χ0n) is 24.6. The molecule has 0 aromatic heterocycles. The molecule has 0 bridgehead atoms. The molecule has 41 heavy (non-hydrogen) atoms. The van der Waals surface area contributed by atoms with Crippen LogP contribution in [-0.4, -0.2) is 13.0 Å². The Morgan fingerprint density at radius 3 is 2.02 bits per heavy atom. The van der Waals surface area contributed by atoms with Crippen LogP contribution in [0.15, 0.2) is 100 Å². The molecule has 0 saturated heterocycles. The Bertz CT molecular complexity index is 1520. The third-order valence-corrected chi connectivity index (χ3v) is 8.38. The molecule has 0 N–H and O–H groups in total. The first-order valence-corrected chi connectivity index (χ1v) is 15.9. The number of azo groups is 1. The van der Waals surface area contributed by atoms with Gasteiger partial charge in [-0.25, -0.2) is 8.42 Å². The minimum atomic E-state index is -4.51. The molecule has 0 amide bonds. The summed E-state index contributed by atoms with van der Waals surface area (Å²) in [5, 5.41) is 11.4. The van der Waals surface area contributed by atoms with Gasteiger partial charge in [0.05, 0.1) is 10.6 Å². The molecule has 0 spiro atoms. The van der Waals surface area contributed by atoms with E-state index in [1.165, 1.54) is 81.2 Å². The maximum absolute atomic E-state index is 11.3. The van der Waals surface area contributed by atoms with Gasteiger partial charge in [-0.1, -0.05) is 126 Å². The second kappa shape index (κ2) is 16.3. The van der Waals surface area contributed by atoms with E-state index in [4.69, 9.17) is 5.11 Å². The summed E-state index contributed by atoms with van der Waals surface area (Å²) in [4.78, 5) is -0.279. The summed E-state index contributed by atoms with van der Waals surface area (Å²) in [6.07, 6.45) is 11.5. The zero-order valence-corrected chi connectivity index (χ0v) is 27.4. The van der Waals surface area contributed by atoms with Crippen molar-refractivity contribution in [3.8, 4) is 11.1 Å². The SMILES string of the molecule is CCCCCCCCCCC(C)c1cc2ccccc2c(N=Nc2ccc(S(=O)(=O)[O-])cc2)c1-c1ccccc1.[Na+]. The van der Waals surface area contributed by atoms with Crippen LogP contribution in [0.4, 0.5) is 11.4 Å². The topological polar surface area (TPSA) is 81.9 Å². The van der Waals surface area contributed by atoms with Gasteiger partial charge in [0.25, 0.3) is 0 Å². The van der Waals surface area contributed by atoms with Gasteiger partial charge in [0, 0.05) is 10.9 Å². The van der Waals surface area contributed by atoms with Crippen LogP contribution in [0.2, 0.25) is 0 Å². The van der Waals surface area contributed by atoms with Crippen molar-refractivity contribution in [3.05, 3.63) is 90.5 Å².